The molecule has 0 aliphatic heterocycles. The second-order valence-corrected chi connectivity index (χ2v) is 6.09. The number of pyridine rings is 1. The van der Waals surface area contributed by atoms with E-state index < -0.39 is 17.2 Å². The highest BCUT2D eigenvalue weighted by molar-refractivity contribution is 6.01. The van der Waals surface area contributed by atoms with Gasteiger partial charge in [-0.3, -0.25) is 25.2 Å². The number of aromatic nitrogens is 2. The molecular weight excluding hydrogens is 356 g/mol. The first kappa shape index (κ1) is 17.3. The molecule has 0 saturated heterocycles. The number of hydrazine groups is 1. The molecule has 2 aromatic heterocycles. The summed E-state index contributed by atoms with van der Waals surface area (Å²) in [6, 6.07) is 17.6. The minimum atomic E-state index is -0.696. The summed E-state index contributed by atoms with van der Waals surface area (Å²) in [6.45, 7) is 0. The van der Waals surface area contributed by atoms with E-state index in [1.807, 2.05) is 30.6 Å². The summed E-state index contributed by atoms with van der Waals surface area (Å²) in [5, 5.41) is 0.402. The lowest BCUT2D eigenvalue weighted by molar-refractivity contribution is 0.0846. The summed E-state index contributed by atoms with van der Waals surface area (Å²) in [6.07, 6.45) is 4.97. The minimum absolute atomic E-state index is 0.0855. The molecule has 7 heteroatoms. The van der Waals surface area contributed by atoms with Crippen LogP contribution < -0.4 is 16.3 Å². The van der Waals surface area contributed by atoms with E-state index in [0.717, 1.165) is 0 Å². The third-order valence-electron chi connectivity index (χ3n) is 4.35. The highest BCUT2D eigenvalue weighted by Crippen LogP contribution is 2.14. The Balaban J connectivity index is 1.54. The van der Waals surface area contributed by atoms with Gasteiger partial charge < -0.3 is 9.55 Å². The second kappa shape index (κ2) is 7.24. The zero-order valence-corrected chi connectivity index (χ0v) is 14.7. The van der Waals surface area contributed by atoms with Crippen LogP contribution in [0.3, 0.4) is 0 Å². The van der Waals surface area contributed by atoms with E-state index in [1.165, 1.54) is 6.20 Å². The Morgan fingerprint density at radius 3 is 2.21 bits per heavy atom. The number of aromatic amines is 1. The quantitative estimate of drug-likeness (QED) is 0.482. The van der Waals surface area contributed by atoms with Crippen LogP contribution in [0.5, 0.6) is 0 Å². The summed E-state index contributed by atoms with van der Waals surface area (Å²) >= 11 is 0. The molecule has 0 radical (unpaired) electrons. The van der Waals surface area contributed by atoms with Crippen LogP contribution in [0.25, 0.3) is 16.6 Å². The molecule has 7 nitrogen and oxygen atoms in total. The number of hydrogen-bond donors (Lipinski definition) is 3. The van der Waals surface area contributed by atoms with Crippen LogP contribution in [0.1, 0.15) is 20.7 Å². The number of para-hydroxylation sites is 2. The molecular formula is C21H16N4O3. The molecule has 3 N–H and O–H groups in total. The van der Waals surface area contributed by atoms with E-state index in [4.69, 9.17) is 0 Å². The third kappa shape index (κ3) is 3.16. The van der Waals surface area contributed by atoms with E-state index in [9.17, 15) is 14.4 Å². The topological polar surface area (TPSA) is 96.0 Å². The van der Waals surface area contributed by atoms with Crippen molar-refractivity contribution in [1.82, 2.24) is 20.4 Å². The molecule has 4 aromatic rings. The van der Waals surface area contributed by atoms with E-state index in [-0.39, 0.29) is 5.56 Å². The summed E-state index contributed by atoms with van der Waals surface area (Å²) in [4.78, 5) is 40.4. The third-order valence-corrected chi connectivity index (χ3v) is 4.35. The molecule has 0 spiro atoms. The smallest absolute Gasteiger partial charge is 0.275 e. The SMILES string of the molecule is O=C(NNC(=O)c1c[nH]c2ccccc2c1=O)c1ccccc1-n1cccc1. The van der Waals surface area contributed by atoms with Crippen molar-refractivity contribution in [1.29, 1.82) is 0 Å². The lowest BCUT2D eigenvalue weighted by Gasteiger charge is -2.12. The molecule has 0 atom stereocenters. The molecule has 2 aromatic carbocycles. The van der Waals surface area contributed by atoms with Crippen LogP contribution in [0.15, 0.2) is 84.0 Å². The first-order chi connectivity index (χ1) is 13.6. The Kier molecular flexibility index (Phi) is 4.47. The van der Waals surface area contributed by atoms with E-state index in [0.29, 0.717) is 22.2 Å². The van der Waals surface area contributed by atoms with Gasteiger partial charge >= 0.3 is 0 Å². The number of fused-ring (bicyclic) bond motifs is 1. The van der Waals surface area contributed by atoms with Gasteiger partial charge in [0.25, 0.3) is 11.8 Å². The van der Waals surface area contributed by atoms with Crippen LogP contribution in [-0.2, 0) is 0 Å². The predicted octanol–water partition coefficient (Wildman–Crippen LogP) is 2.39. The summed E-state index contributed by atoms with van der Waals surface area (Å²) in [5.41, 5.74) is 5.87. The average Bonchev–Trinajstić information content (AvgIpc) is 3.27. The molecule has 0 unspecified atom stereocenters. The zero-order chi connectivity index (χ0) is 19.5. The second-order valence-electron chi connectivity index (χ2n) is 6.09. The van der Waals surface area contributed by atoms with Gasteiger partial charge in [0.2, 0.25) is 5.43 Å². The Labute approximate surface area is 159 Å². The zero-order valence-electron chi connectivity index (χ0n) is 14.7. The molecule has 0 aliphatic rings. The molecule has 0 bridgehead atoms. The summed E-state index contributed by atoms with van der Waals surface area (Å²) in [5.74, 6) is -1.19. The maximum atomic E-state index is 12.6. The fourth-order valence-corrected chi connectivity index (χ4v) is 2.97. The van der Waals surface area contributed by atoms with Gasteiger partial charge in [-0.25, -0.2) is 0 Å². The van der Waals surface area contributed by atoms with Gasteiger partial charge in [0.1, 0.15) is 5.56 Å². The van der Waals surface area contributed by atoms with Crippen molar-refractivity contribution in [3.63, 3.8) is 0 Å². The molecule has 0 aliphatic carbocycles. The Morgan fingerprint density at radius 2 is 1.43 bits per heavy atom. The van der Waals surface area contributed by atoms with Crippen molar-refractivity contribution in [3.05, 3.63) is 101 Å². The van der Waals surface area contributed by atoms with Crippen LogP contribution in [0, 0.1) is 0 Å². The van der Waals surface area contributed by atoms with Crippen LogP contribution in [0.4, 0.5) is 0 Å². The number of carbonyl (C=O) groups excluding carboxylic acids is 2. The first-order valence-corrected chi connectivity index (χ1v) is 8.58. The molecule has 0 saturated carbocycles. The van der Waals surface area contributed by atoms with Gasteiger partial charge in [0, 0.05) is 29.5 Å². The van der Waals surface area contributed by atoms with Crippen molar-refractivity contribution in [2.75, 3.05) is 0 Å². The van der Waals surface area contributed by atoms with E-state index >= 15 is 0 Å². The van der Waals surface area contributed by atoms with Gasteiger partial charge in [-0.2, -0.15) is 0 Å². The van der Waals surface area contributed by atoms with Gasteiger partial charge in [0.05, 0.1) is 11.3 Å². The maximum absolute atomic E-state index is 12.6. The van der Waals surface area contributed by atoms with Crippen molar-refractivity contribution < 1.29 is 9.59 Å². The monoisotopic (exact) mass is 372 g/mol. The van der Waals surface area contributed by atoms with Gasteiger partial charge in [-0.15, -0.1) is 0 Å². The normalized spacial score (nSPS) is 10.6. The lowest BCUT2D eigenvalue weighted by Crippen LogP contribution is -2.43. The van der Waals surface area contributed by atoms with E-state index in [1.54, 1.807) is 47.0 Å². The Morgan fingerprint density at radius 1 is 0.786 bits per heavy atom. The standard InChI is InChI=1S/C21H16N4O3/c26-19-14-7-1-3-9-17(14)22-13-16(19)21(28)24-23-20(27)15-8-2-4-10-18(15)25-11-5-6-12-25/h1-13H,(H,22,26)(H,23,27)(H,24,28). The number of nitrogens with zero attached hydrogens (tertiary/aromatic N) is 1. The number of benzene rings is 2. The van der Waals surface area contributed by atoms with Crippen molar-refractivity contribution >= 4 is 22.7 Å². The number of amides is 2. The summed E-state index contributed by atoms with van der Waals surface area (Å²) in [7, 11) is 0. The van der Waals surface area contributed by atoms with Gasteiger partial charge in [0.15, 0.2) is 0 Å². The molecule has 2 amide bonds. The number of H-pyrrole nitrogens is 1. The largest absolute Gasteiger partial charge is 0.360 e. The maximum Gasteiger partial charge on any atom is 0.275 e. The van der Waals surface area contributed by atoms with Crippen molar-refractivity contribution in [2.24, 2.45) is 0 Å². The number of rotatable bonds is 3. The Hall–Kier alpha value is -4.13. The fourth-order valence-electron chi connectivity index (χ4n) is 2.97. The summed E-state index contributed by atoms with van der Waals surface area (Å²) < 4.78 is 1.80. The van der Waals surface area contributed by atoms with Gasteiger partial charge in [-0.05, 0) is 36.4 Å². The minimum Gasteiger partial charge on any atom is -0.360 e. The average molecular weight is 372 g/mol. The molecule has 2 heterocycles. The highest BCUT2D eigenvalue weighted by atomic mass is 16.2. The first-order valence-electron chi connectivity index (χ1n) is 8.58. The molecule has 4 rings (SSSR count). The predicted molar refractivity (Wildman–Crippen MR) is 105 cm³/mol. The highest BCUT2D eigenvalue weighted by Gasteiger charge is 2.16. The lowest BCUT2D eigenvalue weighted by atomic mass is 10.1. The molecule has 0 fully saturated rings. The van der Waals surface area contributed by atoms with Crippen molar-refractivity contribution in [3.8, 4) is 5.69 Å². The van der Waals surface area contributed by atoms with Gasteiger partial charge in [-0.1, -0.05) is 24.3 Å². The number of hydrogen-bond acceptors (Lipinski definition) is 3. The molecule has 28 heavy (non-hydrogen) atoms. The van der Waals surface area contributed by atoms with E-state index in [2.05, 4.69) is 15.8 Å². The van der Waals surface area contributed by atoms with Crippen LogP contribution in [-0.4, -0.2) is 21.4 Å². The number of carbonyl (C=O) groups is 2. The Bertz CT molecular complexity index is 1230. The number of nitrogens with one attached hydrogen (secondary N) is 3. The van der Waals surface area contributed by atoms with Crippen LogP contribution in [0.2, 0.25) is 0 Å². The molecule has 138 valence electrons. The van der Waals surface area contributed by atoms with Crippen molar-refractivity contribution in [2.45, 2.75) is 0 Å². The van der Waals surface area contributed by atoms with Crippen LogP contribution >= 0.6 is 0 Å². The fraction of sp³-hybridized carbons (Fsp3) is 0.